The second kappa shape index (κ2) is 5.16. The Bertz CT molecular complexity index is 328. The van der Waals surface area contributed by atoms with Crippen LogP contribution in [0.3, 0.4) is 0 Å². The SMILES string of the molecule is CC(CCCC(F)(F)F)(C(=O)O)N(C=O)C1CC1. The molecule has 0 aromatic heterocycles. The molecule has 0 aliphatic heterocycles. The quantitative estimate of drug-likeness (QED) is 0.719. The van der Waals surface area contributed by atoms with Crippen LogP contribution in [0.5, 0.6) is 0 Å². The number of aliphatic carboxylic acids is 1. The van der Waals surface area contributed by atoms with Crippen molar-refractivity contribution in [3.05, 3.63) is 0 Å². The first kappa shape index (κ1) is 14.8. The van der Waals surface area contributed by atoms with Crippen molar-refractivity contribution in [1.82, 2.24) is 4.90 Å². The van der Waals surface area contributed by atoms with Crippen LogP contribution in [0, 0.1) is 0 Å². The van der Waals surface area contributed by atoms with Crippen molar-refractivity contribution in [2.24, 2.45) is 0 Å². The van der Waals surface area contributed by atoms with E-state index in [2.05, 4.69) is 0 Å². The average Bonchev–Trinajstić information content (AvgIpc) is 3.00. The average molecular weight is 267 g/mol. The topological polar surface area (TPSA) is 57.6 Å². The Labute approximate surface area is 103 Å². The van der Waals surface area contributed by atoms with Gasteiger partial charge in [-0.3, -0.25) is 4.79 Å². The second-order valence-corrected chi connectivity index (χ2v) is 4.79. The molecule has 1 aliphatic rings. The van der Waals surface area contributed by atoms with E-state index < -0.39 is 24.1 Å². The third kappa shape index (κ3) is 3.61. The number of hydrogen-bond acceptors (Lipinski definition) is 2. The molecule has 0 aromatic carbocycles. The first-order valence-corrected chi connectivity index (χ1v) is 5.74. The van der Waals surface area contributed by atoms with Crippen molar-refractivity contribution in [3.63, 3.8) is 0 Å². The number of nitrogens with zero attached hydrogens (tertiary/aromatic N) is 1. The van der Waals surface area contributed by atoms with E-state index in [9.17, 15) is 22.8 Å². The summed E-state index contributed by atoms with van der Waals surface area (Å²) in [5.74, 6) is -1.26. The van der Waals surface area contributed by atoms with Gasteiger partial charge in [0.1, 0.15) is 5.54 Å². The highest BCUT2D eigenvalue weighted by Crippen LogP contribution is 2.35. The van der Waals surface area contributed by atoms with Crippen LogP contribution in [0.4, 0.5) is 13.2 Å². The molecule has 1 fully saturated rings. The third-order valence-corrected chi connectivity index (χ3v) is 3.21. The zero-order chi connectivity index (χ0) is 14.0. The van der Waals surface area contributed by atoms with Gasteiger partial charge in [-0.05, 0) is 32.6 Å². The molecule has 0 bridgehead atoms. The molecule has 1 atom stereocenters. The number of hydrogen-bond donors (Lipinski definition) is 1. The highest BCUT2D eigenvalue weighted by atomic mass is 19.4. The van der Waals surface area contributed by atoms with Gasteiger partial charge in [-0.25, -0.2) is 4.79 Å². The van der Waals surface area contributed by atoms with Gasteiger partial charge in [-0.15, -0.1) is 0 Å². The highest BCUT2D eigenvalue weighted by molar-refractivity contribution is 5.81. The van der Waals surface area contributed by atoms with E-state index in [0.717, 1.165) is 4.90 Å². The fraction of sp³-hybridized carbons (Fsp3) is 0.818. The van der Waals surface area contributed by atoms with Crippen LogP contribution < -0.4 is 0 Å². The van der Waals surface area contributed by atoms with E-state index in [1.807, 2.05) is 0 Å². The Balaban J connectivity index is 2.67. The van der Waals surface area contributed by atoms with Crippen molar-refractivity contribution in [1.29, 1.82) is 0 Å². The Hall–Kier alpha value is -1.27. The molecule has 0 heterocycles. The molecule has 18 heavy (non-hydrogen) atoms. The van der Waals surface area contributed by atoms with Crippen molar-refractivity contribution in [3.8, 4) is 0 Å². The molecule has 0 radical (unpaired) electrons. The van der Waals surface area contributed by atoms with Crippen LogP contribution >= 0.6 is 0 Å². The molecule has 4 nitrogen and oxygen atoms in total. The molecule has 1 N–H and O–H groups in total. The summed E-state index contributed by atoms with van der Waals surface area (Å²) in [7, 11) is 0. The lowest BCUT2D eigenvalue weighted by molar-refractivity contribution is -0.157. The summed E-state index contributed by atoms with van der Waals surface area (Å²) in [5.41, 5.74) is -1.55. The van der Waals surface area contributed by atoms with Gasteiger partial charge in [0, 0.05) is 12.5 Å². The number of carbonyl (C=O) groups excluding carboxylic acids is 1. The molecule has 0 aromatic rings. The zero-order valence-corrected chi connectivity index (χ0v) is 10.0. The van der Waals surface area contributed by atoms with Crippen LogP contribution in [-0.2, 0) is 9.59 Å². The van der Waals surface area contributed by atoms with Gasteiger partial charge in [0.2, 0.25) is 6.41 Å². The van der Waals surface area contributed by atoms with Crippen molar-refractivity contribution < 1.29 is 27.9 Å². The summed E-state index contributed by atoms with van der Waals surface area (Å²) < 4.78 is 36.2. The Morgan fingerprint density at radius 3 is 2.28 bits per heavy atom. The molecule has 1 unspecified atom stereocenters. The smallest absolute Gasteiger partial charge is 0.389 e. The predicted molar refractivity (Wildman–Crippen MR) is 56.9 cm³/mol. The summed E-state index contributed by atoms with van der Waals surface area (Å²) in [6.07, 6.45) is -3.99. The minimum atomic E-state index is -4.30. The van der Waals surface area contributed by atoms with Crippen molar-refractivity contribution in [2.75, 3.05) is 0 Å². The fourth-order valence-corrected chi connectivity index (χ4v) is 1.94. The van der Waals surface area contributed by atoms with Gasteiger partial charge in [0.15, 0.2) is 0 Å². The first-order valence-electron chi connectivity index (χ1n) is 5.74. The number of amides is 1. The molecular formula is C11H16F3NO3. The van der Waals surface area contributed by atoms with Gasteiger partial charge in [-0.1, -0.05) is 0 Å². The van der Waals surface area contributed by atoms with Crippen LogP contribution in [0.1, 0.15) is 39.0 Å². The van der Waals surface area contributed by atoms with Crippen LogP contribution in [0.2, 0.25) is 0 Å². The Morgan fingerprint density at radius 1 is 1.39 bits per heavy atom. The number of rotatable bonds is 7. The van der Waals surface area contributed by atoms with E-state index in [0.29, 0.717) is 19.3 Å². The first-order chi connectivity index (χ1) is 8.20. The van der Waals surface area contributed by atoms with E-state index in [4.69, 9.17) is 5.11 Å². The van der Waals surface area contributed by atoms with E-state index >= 15 is 0 Å². The van der Waals surface area contributed by atoms with Crippen LogP contribution in [0.15, 0.2) is 0 Å². The van der Waals surface area contributed by atoms with Gasteiger partial charge in [0.25, 0.3) is 0 Å². The molecule has 7 heteroatoms. The maximum Gasteiger partial charge on any atom is 0.389 e. The monoisotopic (exact) mass is 267 g/mol. The number of carboxylic acids is 1. The lowest BCUT2D eigenvalue weighted by Crippen LogP contribution is -2.53. The number of halogens is 3. The van der Waals surface area contributed by atoms with Gasteiger partial charge >= 0.3 is 12.1 Å². The van der Waals surface area contributed by atoms with Gasteiger partial charge in [-0.2, -0.15) is 13.2 Å². The Kier molecular flexibility index (Phi) is 4.24. The van der Waals surface area contributed by atoms with E-state index in [1.54, 1.807) is 0 Å². The minimum absolute atomic E-state index is 0.144. The molecule has 1 saturated carbocycles. The summed E-state index contributed by atoms with van der Waals surface area (Å²) >= 11 is 0. The van der Waals surface area contributed by atoms with Crippen LogP contribution in [-0.4, -0.2) is 40.1 Å². The maximum absolute atomic E-state index is 12.1. The zero-order valence-electron chi connectivity index (χ0n) is 10.0. The largest absolute Gasteiger partial charge is 0.480 e. The summed E-state index contributed by atoms with van der Waals surface area (Å²) in [4.78, 5) is 23.3. The molecule has 104 valence electrons. The van der Waals surface area contributed by atoms with Crippen molar-refractivity contribution in [2.45, 2.75) is 56.8 Å². The fourth-order valence-electron chi connectivity index (χ4n) is 1.94. The number of carbonyl (C=O) groups is 2. The molecule has 1 amide bonds. The van der Waals surface area contributed by atoms with E-state index in [1.165, 1.54) is 6.92 Å². The summed E-state index contributed by atoms with van der Waals surface area (Å²) in [5, 5.41) is 9.16. The van der Waals surface area contributed by atoms with Crippen LogP contribution in [0.25, 0.3) is 0 Å². The molecule has 1 aliphatic carbocycles. The normalized spacial score (nSPS) is 19.1. The third-order valence-electron chi connectivity index (χ3n) is 3.21. The van der Waals surface area contributed by atoms with Gasteiger partial charge in [0.05, 0.1) is 0 Å². The molecule has 0 spiro atoms. The lowest BCUT2D eigenvalue weighted by atomic mass is 9.92. The molecule has 1 rings (SSSR count). The second-order valence-electron chi connectivity index (χ2n) is 4.79. The number of alkyl halides is 3. The lowest BCUT2D eigenvalue weighted by Gasteiger charge is -2.35. The standard InChI is InChI=1S/C11H16F3NO3/c1-10(9(17)18,5-2-6-11(12,13)14)15(7-16)8-3-4-8/h7-8H,2-6H2,1H3,(H,17,18). The summed E-state index contributed by atoms with van der Waals surface area (Å²) in [6.45, 7) is 1.30. The molecule has 0 saturated heterocycles. The van der Waals surface area contributed by atoms with Crippen molar-refractivity contribution >= 4 is 12.4 Å². The van der Waals surface area contributed by atoms with E-state index in [-0.39, 0.29) is 18.9 Å². The number of carboxylic acid groups (broad SMARTS) is 1. The predicted octanol–water partition coefficient (Wildman–Crippen LogP) is 2.18. The highest BCUT2D eigenvalue weighted by Gasteiger charge is 2.46. The maximum atomic E-state index is 12.1. The summed E-state index contributed by atoms with van der Waals surface area (Å²) in [6, 6.07) is -0.144. The Morgan fingerprint density at radius 2 is 1.94 bits per heavy atom. The van der Waals surface area contributed by atoms with Gasteiger partial charge < -0.3 is 10.0 Å². The molecular weight excluding hydrogens is 251 g/mol. The minimum Gasteiger partial charge on any atom is -0.480 e.